The highest BCUT2D eigenvalue weighted by Crippen LogP contribution is 2.19. The third kappa shape index (κ3) is 4.56. The molecule has 5 nitrogen and oxygen atoms in total. The van der Waals surface area contributed by atoms with Gasteiger partial charge in [-0.25, -0.2) is 4.72 Å². The summed E-state index contributed by atoms with van der Waals surface area (Å²) in [6.07, 6.45) is 1.85. The van der Waals surface area contributed by atoms with Crippen LogP contribution in [0.3, 0.4) is 0 Å². The molecule has 0 spiro atoms. The maximum absolute atomic E-state index is 11.2. The molecular weight excluding hydrogens is 192 g/mol. The van der Waals surface area contributed by atoms with Gasteiger partial charge in [0.15, 0.2) is 0 Å². The van der Waals surface area contributed by atoms with Crippen molar-refractivity contribution in [1.29, 1.82) is 0 Å². The normalized spacial score (nSPS) is 20.2. The van der Waals surface area contributed by atoms with Crippen LogP contribution in [0.2, 0.25) is 0 Å². The Bertz CT molecular complexity index is 248. The zero-order valence-electron chi connectivity index (χ0n) is 7.66. The molecule has 1 atom stereocenters. The first-order valence-corrected chi connectivity index (χ1v) is 5.89. The van der Waals surface area contributed by atoms with E-state index in [4.69, 9.17) is 5.11 Å². The van der Waals surface area contributed by atoms with Crippen LogP contribution in [0.1, 0.15) is 19.8 Å². The van der Waals surface area contributed by atoms with E-state index in [1.165, 1.54) is 0 Å². The summed E-state index contributed by atoms with van der Waals surface area (Å²) < 4.78 is 27.3. The van der Waals surface area contributed by atoms with Gasteiger partial charge in [-0.3, -0.25) is 0 Å². The molecule has 0 aliphatic heterocycles. The molecule has 0 aromatic rings. The monoisotopic (exact) mass is 208 g/mol. The molecule has 0 aromatic heterocycles. The van der Waals surface area contributed by atoms with E-state index >= 15 is 0 Å². The molecular formula is C7H16N2O3S. The molecule has 0 amide bonds. The summed E-state index contributed by atoms with van der Waals surface area (Å²) in [7, 11) is -3.33. The molecule has 1 aliphatic rings. The average Bonchev–Trinajstić information content (AvgIpc) is 2.83. The molecule has 13 heavy (non-hydrogen) atoms. The molecule has 1 fully saturated rings. The van der Waals surface area contributed by atoms with Gasteiger partial charge in [-0.2, -0.15) is 13.1 Å². The van der Waals surface area contributed by atoms with Gasteiger partial charge in [0, 0.05) is 19.2 Å². The highest BCUT2D eigenvalue weighted by Gasteiger charge is 2.26. The van der Waals surface area contributed by atoms with E-state index in [1.54, 1.807) is 6.92 Å². The minimum Gasteiger partial charge on any atom is -0.396 e. The van der Waals surface area contributed by atoms with Crippen molar-refractivity contribution >= 4 is 10.2 Å². The van der Waals surface area contributed by atoms with Crippen molar-refractivity contribution in [3.8, 4) is 0 Å². The lowest BCUT2D eigenvalue weighted by Crippen LogP contribution is -2.40. The Balaban J connectivity index is 2.24. The van der Waals surface area contributed by atoms with E-state index in [0.29, 0.717) is 0 Å². The van der Waals surface area contributed by atoms with Gasteiger partial charge in [-0.1, -0.05) is 6.92 Å². The van der Waals surface area contributed by atoms with E-state index < -0.39 is 10.2 Å². The molecule has 1 rings (SSSR count). The van der Waals surface area contributed by atoms with Gasteiger partial charge in [0.05, 0.1) is 0 Å². The molecule has 0 saturated heterocycles. The van der Waals surface area contributed by atoms with E-state index in [0.717, 1.165) is 12.8 Å². The Morgan fingerprint density at radius 2 is 2.15 bits per heavy atom. The van der Waals surface area contributed by atoms with Crippen LogP contribution >= 0.6 is 0 Å². The molecule has 0 bridgehead atoms. The third-order valence-electron chi connectivity index (χ3n) is 1.83. The maximum atomic E-state index is 11.2. The van der Waals surface area contributed by atoms with Gasteiger partial charge in [0.25, 0.3) is 10.2 Å². The van der Waals surface area contributed by atoms with Crippen LogP contribution in [-0.2, 0) is 10.2 Å². The van der Waals surface area contributed by atoms with E-state index in [1.807, 2.05) is 0 Å². The van der Waals surface area contributed by atoms with Crippen LogP contribution in [0.15, 0.2) is 0 Å². The molecule has 78 valence electrons. The molecule has 0 radical (unpaired) electrons. The third-order valence-corrected chi connectivity index (χ3v) is 3.02. The lowest BCUT2D eigenvalue weighted by atomic mass is 10.2. The number of hydrogen-bond donors (Lipinski definition) is 3. The standard InChI is InChI=1S/C7H16N2O3S/c1-6(5-10)4-8-13(11,12)9-7-2-3-7/h6-10H,2-5H2,1H3. The maximum Gasteiger partial charge on any atom is 0.277 e. The van der Waals surface area contributed by atoms with Crippen molar-refractivity contribution in [3.63, 3.8) is 0 Å². The summed E-state index contributed by atoms with van der Waals surface area (Å²) >= 11 is 0. The van der Waals surface area contributed by atoms with Crippen molar-refractivity contribution in [2.45, 2.75) is 25.8 Å². The van der Waals surface area contributed by atoms with Crippen molar-refractivity contribution in [2.24, 2.45) is 5.92 Å². The Kier molecular flexibility index (Phi) is 3.66. The Morgan fingerprint density at radius 3 is 2.62 bits per heavy atom. The number of nitrogens with one attached hydrogen (secondary N) is 2. The Morgan fingerprint density at radius 1 is 1.54 bits per heavy atom. The summed E-state index contributed by atoms with van der Waals surface area (Å²) in [4.78, 5) is 0. The lowest BCUT2D eigenvalue weighted by molar-refractivity contribution is 0.238. The number of rotatable bonds is 6. The highest BCUT2D eigenvalue weighted by atomic mass is 32.2. The predicted octanol–water partition coefficient (Wildman–Crippen LogP) is -0.799. The highest BCUT2D eigenvalue weighted by molar-refractivity contribution is 7.87. The van der Waals surface area contributed by atoms with E-state index in [-0.39, 0.29) is 25.1 Å². The second-order valence-electron chi connectivity index (χ2n) is 3.53. The fraction of sp³-hybridized carbons (Fsp3) is 1.00. The van der Waals surface area contributed by atoms with Crippen LogP contribution in [0.4, 0.5) is 0 Å². The summed E-state index contributed by atoms with van der Waals surface area (Å²) in [6, 6.07) is 0.127. The van der Waals surface area contributed by atoms with Crippen LogP contribution < -0.4 is 9.44 Å². The van der Waals surface area contributed by atoms with Gasteiger partial charge in [0.1, 0.15) is 0 Å². The van der Waals surface area contributed by atoms with Crippen molar-refractivity contribution in [1.82, 2.24) is 9.44 Å². The lowest BCUT2D eigenvalue weighted by Gasteiger charge is -2.10. The molecule has 3 N–H and O–H groups in total. The number of hydrogen-bond acceptors (Lipinski definition) is 3. The first-order valence-electron chi connectivity index (χ1n) is 4.41. The van der Waals surface area contributed by atoms with Crippen molar-refractivity contribution in [2.75, 3.05) is 13.2 Å². The van der Waals surface area contributed by atoms with E-state index in [9.17, 15) is 8.42 Å². The summed E-state index contributed by atoms with van der Waals surface area (Å²) in [6.45, 7) is 2.05. The zero-order chi connectivity index (χ0) is 9.90. The topological polar surface area (TPSA) is 78.4 Å². The molecule has 1 saturated carbocycles. The quantitative estimate of drug-likeness (QED) is 0.535. The van der Waals surface area contributed by atoms with Gasteiger partial charge >= 0.3 is 0 Å². The minimum absolute atomic E-state index is 0.00799. The van der Waals surface area contributed by atoms with Crippen LogP contribution in [-0.4, -0.2) is 32.7 Å². The Labute approximate surface area is 78.7 Å². The van der Waals surface area contributed by atoms with Gasteiger partial charge in [-0.15, -0.1) is 0 Å². The molecule has 0 heterocycles. The number of aliphatic hydroxyl groups excluding tert-OH is 1. The summed E-state index contributed by atoms with van der Waals surface area (Å²) in [5, 5.41) is 8.67. The first kappa shape index (κ1) is 10.9. The Hall–Kier alpha value is -0.170. The second kappa shape index (κ2) is 4.36. The van der Waals surface area contributed by atoms with Crippen molar-refractivity contribution in [3.05, 3.63) is 0 Å². The predicted molar refractivity (Wildman–Crippen MR) is 49.3 cm³/mol. The van der Waals surface area contributed by atoms with Crippen LogP contribution in [0, 0.1) is 5.92 Å². The van der Waals surface area contributed by atoms with Crippen LogP contribution in [0.5, 0.6) is 0 Å². The van der Waals surface area contributed by atoms with Gasteiger partial charge in [0.2, 0.25) is 0 Å². The first-order chi connectivity index (χ1) is 6.03. The van der Waals surface area contributed by atoms with Crippen LogP contribution in [0.25, 0.3) is 0 Å². The molecule has 1 unspecified atom stereocenters. The minimum atomic E-state index is -3.33. The van der Waals surface area contributed by atoms with Gasteiger partial charge in [-0.05, 0) is 18.8 Å². The fourth-order valence-electron chi connectivity index (χ4n) is 0.779. The smallest absolute Gasteiger partial charge is 0.277 e. The summed E-state index contributed by atoms with van der Waals surface area (Å²) in [5.74, 6) is -0.0456. The average molecular weight is 208 g/mol. The molecule has 0 aromatic carbocycles. The molecule has 6 heteroatoms. The number of aliphatic hydroxyl groups is 1. The van der Waals surface area contributed by atoms with Crippen molar-refractivity contribution < 1.29 is 13.5 Å². The molecule has 1 aliphatic carbocycles. The zero-order valence-corrected chi connectivity index (χ0v) is 8.47. The summed E-state index contributed by atoms with van der Waals surface area (Å²) in [5.41, 5.74) is 0. The van der Waals surface area contributed by atoms with E-state index in [2.05, 4.69) is 9.44 Å². The van der Waals surface area contributed by atoms with Gasteiger partial charge < -0.3 is 5.11 Å². The SMILES string of the molecule is CC(CO)CNS(=O)(=O)NC1CC1. The largest absolute Gasteiger partial charge is 0.396 e. The second-order valence-corrected chi connectivity index (χ2v) is 5.06. The fourth-order valence-corrected chi connectivity index (χ4v) is 2.04.